The molecule has 0 bridgehead atoms. The van der Waals surface area contributed by atoms with Gasteiger partial charge in [0, 0.05) is 23.5 Å². The van der Waals surface area contributed by atoms with Crippen molar-refractivity contribution in [1.29, 1.82) is 0 Å². The Morgan fingerprint density at radius 2 is 1.47 bits per heavy atom. The Balaban J connectivity index is 2.06. The second kappa shape index (κ2) is 5.02. The zero-order chi connectivity index (χ0) is 13.1. The SMILES string of the molecule is Cc1cncc(-c2cccc(-c3ccccc3)n2)c1. The van der Waals surface area contributed by atoms with E-state index in [0.717, 1.165) is 28.1 Å². The molecule has 0 aliphatic rings. The number of hydrogen-bond donors (Lipinski definition) is 0. The number of pyridine rings is 2. The normalized spacial score (nSPS) is 10.4. The third-order valence-electron chi connectivity index (χ3n) is 2.99. The molecule has 0 N–H and O–H groups in total. The molecule has 0 aliphatic carbocycles. The number of nitrogens with zero attached hydrogens (tertiary/aromatic N) is 2. The summed E-state index contributed by atoms with van der Waals surface area (Å²) in [6.45, 7) is 2.04. The van der Waals surface area contributed by atoms with Crippen LogP contribution in [-0.2, 0) is 0 Å². The second-order valence-corrected chi connectivity index (χ2v) is 4.53. The van der Waals surface area contributed by atoms with Crippen molar-refractivity contribution in [2.24, 2.45) is 0 Å². The molecule has 2 heterocycles. The first-order valence-corrected chi connectivity index (χ1v) is 6.27. The quantitative estimate of drug-likeness (QED) is 0.679. The molecular formula is C17H14N2. The van der Waals surface area contributed by atoms with E-state index in [2.05, 4.69) is 23.2 Å². The van der Waals surface area contributed by atoms with Gasteiger partial charge < -0.3 is 0 Å². The van der Waals surface area contributed by atoms with Crippen molar-refractivity contribution in [1.82, 2.24) is 9.97 Å². The molecule has 3 aromatic rings. The van der Waals surface area contributed by atoms with Gasteiger partial charge in [0.1, 0.15) is 0 Å². The lowest BCUT2D eigenvalue weighted by Gasteiger charge is -2.05. The largest absolute Gasteiger partial charge is 0.264 e. The van der Waals surface area contributed by atoms with Crippen LogP contribution < -0.4 is 0 Å². The highest BCUT2D eigenvalue weighted by atomic mass is 14.7. The van der Waals surface area contributed by atoms with E-state index < -0.39 is 0 Å². The highest BCUT2D eigenvalue weighted by molar-refractivity contribution is 5.65. The summed E-state index contributed by atoms with van der Waals surface area (Å²) in [5.74, 6) is 0. The fourth-order valence-corrected chi connectivity index (χ4v) is 2.06. The molecule has 0 fully saturated rings. The van der Waals surface area contributed by atoms with E-state index in [1.54, 1.807) is 0 Å². The Labute approximate surface area is 112 Å². The van der Waals surface area contributed by atoms with Crippen molar-refractivity contribution in [2.75, 3.05) is 0 Å². The molecule has 2 heteroatoms. The predicted octanol–water partition coefficient (Wildman–Crippen LogP) is 4.12. The van der Waals surface area contributed by atoms with E-state index in [-0.39, 0.29) is 0 Å². The van der Waals surface area contributed by atoms with Crippen molar-refractivity contribution in [2.45, 2.75) is 6.92 Å². The molecule has 3 rings (SSSR count). The topological polar surface area (TPSA) is 25.8 Å². The minimum Gasteiger partial charge on any atom is -0.264 e. The van der Waals surface area contributed by atoms with Gasteiger partial charge in [-0.1, -0.05) is 36.4 Å². The number of benzene rings is 1. The minimum atomic E-state index is 0.956. The lowest BCUT2D eigenvalue weighted by Crippen LogP contribution is -1.89. The van der Waals surface area contributed by atoms with Gasteiger partial charge in [-0.25, -0.2) is 4.98 Å². The van der Waals surface area contributed by atoms with Crippen LogP contribution in [0.3, 0.4) is 0 Å². The predicted molar refractivity (Wildman–Crippen MR) is 77.6 cm³/mol. The number of aryl methyl sites for hydroxylation is 1. The van der Waals surface area contributed by atoms with Crippen LogP contribution in [0.1, 0.15) is 5.56 Å². The summed E-state index contributed by atoms with van der Waals surface area (Å²) in [4.78, 5) is 8.94. The van der Waals surface area contributed by atoms with Crippen LogP contribution in [0.4, 0.5) is 0 Å². The maximum Gasteiger partial charge on any atom is 0.0725 e. The van der Waals surface area contributed by atoms with Crippen LogP contribution in [0, 0.1) is 6.92 Å². The van der Waals surface area contributed by atoms with Gasteiger partial charge in [0.25, 0.3) is 0 Å². The molecule has 0 saturated carbocycles. The molecule has 0 atom stereocenters. The first-order valence-electron chi connectivity index (χ1n) is 6.27. The van der Waals surface area contributed by atoms with Crippen molar-refractivity contribution >= 4 is 0 Å². The number of aromatic nitrogens is 2. The molecular weight excluding hydrogens is 232 g/mol. The molecule has 0 unspecified atom stereocenters. The summed E-state index contributed by atoms with van der Waals surface area (Å²) >= 11 is 0. The Kier molecular flexibility index (Phi) is 3.07. The molecule has 0 amide bonds. The van der Waals surface area contributed by atoms with Crippen molar-refractivity contribution in [3.63, 3.8) is 0 Å². The van der Waals surface area contributed by atoms with Crippen LogP contribution in [0.15, 0.2) is 67.0 Å². The lowest BCUT2D eigenvalue weighted by atomic mass is 10.1. The standard InChI is InChI=1S/C17H14N2/c1-13-10-15(12-18-11-13)17-9-5-8-16(19-17)14-6-3-2-4-7-14/h2-12H,1H3. The summed E-state index contributed by atoms with van der Waals surface area (Å²) in [5, 5.41) is 0. The van der Waals surface area contributed by atoms with Gasteiger partial charge in [0.2, 0.25) is 0 Å². The third kappa shape index (κ3) is 2.52. The zero-order valence-electron chi connectivity index (χ0n) is 10.7. The van der Waals surface area contributed by atoms with E-state index in [1.165, 1.54) is 0 Å². The van der Waals surface area contributed by atoms with Gasteiger partial charge in [-0.05, 0) is 30.7 Å². The van der Waals surface area contributed by atoms with Gasteiger partial charge in [-0.15, -0.1) is 0 Å². The van der Waals surface area contributed by atoms with Crippen LogP contribution in [-0.4, -0.2) is 9.97 Å². The number of hydrogen-bond acceptors (Lipinski definition) is 2. The van der Waals surface area contributed by atoms with E-state index in [9.17, 15) is 0 Å². The van der Waals surface area contributed by atoms with Gasteiger partial charge in [0.15, 0.2) is 0 Å². The van der Waals surface area contributed by atoms with Gasteiger partial charge in [-0.3, -0.25) is 4.98 Å². The first-order chi connectivity index (χ1) is 9.33. The smallest absolute Gasteiger partial charge is 0.0725 e. The fourth-order valence-electron chi connectivity index (χ4n) is 2.06. The summed E-state index contributed by atoms with van der Waals surface area (Å²) < 4.78 is 0. The molecule has 0 radical (unpaired) electrons. The van der Waals surface area contributed by atoms with E-state index in [0.29, 0.717) is 0 Å². The Hall–Kier alpha value is -2.48. The molecule has 92 valence electrons. The van der Waals surface area contributed by atoms with E-state index >= 15 is 0 Å². The monoisotopic (exact) mass is 246 g/mol. The Bertz CT molecular complexity index is 690. The van der Waals surface area contributed by atoms with Crippen molar-refractivity contribution < 1.29 is 0 Å². The minimum absolute atomic E-state index is 0.956. The van der Waals surface area contributed by atoms with E-state index in [1.807, 2.05) is 55.7 Å². The molecule has 1 aromatic carbocycles. The van der Waals surface area contributed by atoms with Gasteiger partial charge in [0.05, 0.1) is 11.4 Å². The third-order valence-corrected chi connectivity index (χ3v) is 2.99. The van der Waals surface area contributed by atoms with Crippen molar-refractivity contribution in [3.8, 4) is 22.5 Å². The molecule has 2 aromatic heterocycles. The molecule has 0 saturated heterocycles. The van der Waals surface area contributed by atoms with E-state index in [4.69, 9.17) is 4.98 Å². The molecule has 19 heavy (non-hydrogen) atoms. The summed E-state index contributed by atoms with van der Waals surface area (Å²) in [6.07, 6.45) is 3.70. The summed E-state index contributed by atoms with van der Waals surface area (Å²) in [6, 6.07) is 18.4. The Morgan fingerprint density at radius 3 is 2.21 bits per heavy atom. The maximum absolute atomic E-state index is 4.71. The fraction of sp³-hybridized carbons (Fsp3) is 0.0588. The Morgan fingerprint density at radius 1 is 0.737 bits per heavy atom. The maximum atomic E-state index is 4.71. The molecule has 0 aliphatic heterocycles. The molecule has 2 nitrogen and oxygen atoms in total. The van der Waals surface area contributed by atoms with Gasteiger partial charge >= 0.3 is 0 Å². The average Bonchev–Trinajstić information content (AvgIpc) is 2.48. The first kappa shape index (κ1) is 11.6. The zero-order valence-corrected chi connectivity index (χ0v) is 10.7. The summed E-state index contributed by atoms with van der Waals surface area (Å²) in [7, 11) is 0. The van der Waals surface area contributed by atoms with Gasteiger partial charge in [-0.2, -0.15) is 0 Å². The summed E-state index contributed by atoms with van der Waals surface area (Å²) in [5.41, 5.74) is 5.27. The number of rotatable bonds is 2. The second-order valence-electron chi connectivity index (χ2n) is 4.53. The van der Waals surface area contributed by atoms with Crippen LogP contribution in [0.2, 0.25) is 0 Å². The lowest BCUT2D eigenvalue weighted by molar-refractivity contribution is 1.24. The molecule has 0 spiro atoms. The van der Waals surface area contributed by atoms with Crippen LogP contribution in [0.5, 0.6) is 0 Å². The van der Waals surface area contributed by atoms with Crippen molar-refractivity contribution in [3.05, 3.63) is 72.6 Å². The highest BCUT2D eigenvalue weighted by Crippen LogP contribution is 2.22. The van der Waals surface area contributed by atoms with Crippen LogP contribution >= 0.6 is 0 Å². The van der Waals surface area contributed by atoms with Crippen LogP contribution in [0.25, 0.3) is 22.5 Å². The average molecular weight is 246 g/mol. The highest BCUT2D eigenvalue weighted by Gasteiger charge is 2.03.